The lowest BCUT2D eigenvalue weighted by Crippen LogP contribution is -2.01. The van der Waals surface area contributed by atoms with Gasteiger partial charge in [0.05, 0.1) is 0 Å². The van der Waals surface area contributed by atoms with Crippen LogP contribution >= 0.6 is 7.82 Å². The molecule has 0 radical (unpaired) electrons. The maximum Gasteiger partial charge on any atom is 0.585 e. The molecule has 0 aliphatic carbocycles. The Hall–Kier alpha value is -2.95. The van der Waals surface area contributed by atoms with Crippen molar-refractivity contribution in [3.63, 3.8) is 0 Å². The number of phosphoric ester groups is 1. The largest absolute Gasteiger partial charge is 0.585 e. The zero-order chi connectivity index (χ0) is 17.3. The predicted octanol–water partition coefficient (Wildman–Crippen LogP) is 4.34. The second-order valence-corrected chi connectivity index (χ2v) is 6.62. The van der Waals surface area contributed by atoms with Crippen LogP contribution in [0, 0.1) is 0 Å². The lowest BCUT2D eigenvalue weighted by Gasteiger charge is -2.15. The fourth-order valence-corrected chi connectivity index (χ4v) is 3.40. The summed E-state index contributed by atoms with van der Waals surface area (Å²) in [6, 6.07) is 17.5. The van der Waals surface area contributed by atoms with Crippen LogP contribution in [0.4, 0.5) is 0 Å². The summed E-state index contributed by atoms with van der Waals surface area (Å²) in [6.07, 6.45) is 3.18. The molecule has 2 aromatic heterocycles. The molecule has 0 atom stereocenters. The Balaban J connectivity index is 1.69. The predicted molar refractivity (Wildman–Crippen MR) is 94.6 cm³/mol. The first-order valence-corrected chi connectivity index (χ1v) is 9.01. The molecular formula is C18H13N2O4P. The molecule has 0 spiro atoms. The van der Waals surface area contributed by atoms with Crippen molar-refractivity contribution in [2.45, 2.75) is 0 Å². The monoisotopic (exact) mass is 352 g/mol. The molecule has 0 unspecified atom stereocenters. The number of aromatic nitrogens is 2. The molecule has 6 nitrogen and oxygen atoms in total. The molecule has 0 saturated carbocycles. The van der Waals surface area contributed by atoms with E-state index in [-0.39, 0.29) is 11.5 Å². The fourth-order valence-electron chi connectivity index (χ4n) is 2.57. The molecule has 0 bridgehead atoms. The van der Waals surface area contributed by atoms with Crippen molar-refractivity contribution in [2.24, 2.45) is 0 Å². The number of fused-ring (bicyclic) bond motifs is 2. The highest BCUT2D eigenvalue weighted by Gasteiger charge is 2.27. The van der Waals surface area contributed by atoms with Gasteiger partial charge in [-0.2, -0.15) is 0 Å². The number of para-hydroxylation sites is 2. The van der Waals surface area contributed by atoms with Gasteiger partial charge in [0.15, 0.2) is 11.5 Å². The maximum atomic E-state index is 12.5. The molecule has 2 aromatic carbocycles. The van der Waals surface area contributed by atoms with Gasteiger partial charge < -0.3 is 9.05 Å². The third-order valence-corrected chi connectivity index (χ3v) is 4.47. The standard InChI is InChI=1S/C18H13N2O4P/c21-25(22,23-15-9-1-5-13-7-3-11-19-17(13)15)24-16-10-2-6-14-8-4-12-20-18(14)16/h1-12H,(H,21,22). The minimum atomic E-state index is -4.43. The van der Waals surface area contributed by atoms with E-state index in [0.717, 1.165) is 10.8 Å². The van der Waals surface area contributed by atoms with Crippen LogP contribution in [0.3, 0.4) is 0 Å². The number of benzene rings is 2. The van der Waals surface area contributed by atoms with Gasteiger partial charge in [0.2, 0.25) is 0 Å². The lowest BCUT2D eigenvalue weighted by atomic mass is 10.2. The topological polar surface area (TPSA) is 81.5 Å². The van der Waals surface area contributed by atoms with Gasteiger partial charge >= 0.3 is 7.82 Å². The van der Waals surface area contributed by atoms with Gasteiger partial charge in [-0.25, -0.2) is 4.57 Å². The number of phosphoric acid groups is 1. The van der Waals surface area contributed by atoms with Gasteiger partial charge in [-0.15, -0.1) is 0 Å². The molecule has 0 aliphatic heterocycles. The highest BCUT2D eigenvalue weighted by Crippen LogP contribution is 2.46. The van der Waals surface area contributed by atoms with Crippen LogP contribution in [0.25, 0.3) is 21.8 Å². The number of hydrogen-bond donors (Lipinski definition) is 1. The van der Waals surface area contributed by atoms with Gasteiger partial charge in [0.1, 0.15) is 11.0 Å². The average Bonchev–Trinajstić information content (AvgIpc) is 2.62. The fraction of sp³-hybridized carbons (Fsp3) is 0. The van der Waals surface area contributed by atoms with E-state index in [1.807, 2.05) is 24.3 Å². The highest BCUT2D eigenvalue weighted by molar-refractivity contribution is 7.48. The van der Waals surface area contributed by atoms with E-state index in [9.17, 15) is 9.46 Å². The number of pyridine rings is 2. The quantitative estimate of drug-likeness (QED) is 0.550. The van der Waals surface area contributed by atoms with Gasteiger partial charge in [-0.05, 0) is 24.3 Å². The SMILES string of the molecule is O=P(O)(Oc1cccc2cccnc12)Oc1cccc2cccnc12. The van der Waals surface area contributed by atoms with E-state index in [4.69, 9.17) is 9.05 Å². The van der Waals surface area contributed by atoms with E-state index in [2.05, 4.69) is 9.97 Å². The summed E-state index contributed by atoms with van der Waals surface area (Å²) in [7, 11) is -4.43. The first-order chi connectivity index (χ1) is 12.1. The second-order valence-electron chi connectivity index (χ2n) is 5.31. The Morgan fingerprint density at radius 2 is 1.16 bits per heavy atom. The van der Waals surface area contributed by atoms with Crippen molar-refractivity contribution in [2.75, 3.05) is 0 Å². The number of nitrogens with zero attached hydrogens (tertiary/aromatic N) is 2. The molecule has 25 heavy (non-hydrogen) atoms. The molecule has 7 heteroatoms. The Morgan fingerprint density at radius 3 is 1.64 bits per heavy atom. The van der Waals surface area contributed by atoms with Crippen molar-refractivity contribution in [3.05, 3.63) is 73.1 Å². The van der Waals surface area contributed by atoms with E-state index in [1.165, 1.54) is 0 Å². The third kappa shape index (κ3) is 3.18. The Kier molecular flexibility index (Phi) is 3.84. The first kappa shape index (κ1) is 15.6. The number of hydrogen-bond acceptors (Lipinski definition) is 5. The Labute approximate surface area is 143 Å². The summed E-state index contributed by atoms with van der Waals surface area (Å²) < 4.78 is 23.0. The summed E-state index contributed by atoms with van der Waals surface area (Å²) in [6.45, 7) is 0. The Bertz CT molecular complexity index is 1020. The molecule has 4 rings (SSSR count). The molecule has 0 amide bonds. The van der Waals surface area contributed by atoms with E-state index >= 15 is 0 Å². The van der Waals surface area contributed by atoms with Crippen molar-refractivity contribution in [1.29, 1.82) is 0 Å². The van der Waals surface area contributed by atoms with E-state index in [0.29, 0.717) is 11.0 Å². The maximum absolute atomic E-state index is 12.5. The lowest BCUT2D eigenvalue weighted by molar-refractivity contribution is 0.293. The van der Waals surface area contributed by atoms with Gasteiger partial charge in [0, 0.05) is 23.2 Å². The van der Waals surface area contributed by atoms with Crippen LogP contribution in [0.5, 0.6) is 11.5 Å². The normalized spacial score (nSPS) is 11.6. The molecule has 0 saturated heterocycles. The molecule has 4 aromatic rings. The zero-order valence-corrected chi connectivity index (χ0v) is 13.8. The molecule has 124 valence electrons. The van der Waals surface area contributed by atoms with Crippen molar-refractivity contribution >= 4 is 29.6 Å². The summed E-state index contributed by atoms with van der Waals surface area (Å²) >= 11 is 0. The van der Waals surface area contributed by atoms with Gasteiger partial charge in [-0.1, -0.05) is 36.4 Å². The third-order valence-electron chi connectivity index (χ3n) is 3.62. The molecule has 0 aliphatic rings. The first-order valence-electron chi connectivity index (χ1n) is 7.52. The minimum absolute atomic E-state index is 0.178. The molecule has 1 N–H and O–H groups in total. The smallest absolute Gasteiger partial charge is 0.393 e. The second kappa shape index (κ2) is 6.16. The van der Waals surface area contributed by atoms with Crippen LogP contribution in [-0.4, -0.2) is 14.9 Å². The van der Waals surface area contributed by atoms with E-state index in [1.54, 1.807) is 48.8 Å². The van der Waals surface area contributed by atoms with E-state index < -0.39 is 7.82 Å². The zero-order valence-electron chi connectivity index (χ0n) is 12.9. The summed E-state index contributed by atoms with van der Waals surface area (Å²) in [5, 5.41) is 1.60. The minimum Gasteiger partial charge on any atom is -0.393 e. The molecule has 0 fully saturated rings. The van der Waals surface area contributed by atoms with Crippen LogP contribution in [-0.2, 0) is 4.57 Å². The van der Waals surface area contributed by atoms with Gasteiger partial charge in [0.25, 0.3) is 0 Å². The average molecular weight is 352 g/mol. The summed E-state index contributed by atoms with van der Waals surface area (Å²) in [5.41, 5.74) is 0.970. The Morgan fingerprint density at radius 1 is 0.720 bits per heavy atom. The van der Waals surface area contributed by atoms with Crippen molar-refractivity contribution < 1.29 is 18.5 Å². The van der Waals surface area contributed by atoms with Crippen LogP contribution in [0.15, 0.2) is 73.1 Å². The van der Waals surface area contributed by atoms with Crippen molar-refractivity contribution in [1.82, 2.24) is 9.97 Å². The molecular weight excluding hydrogens is 339 g/mol. The summed E-state index contributed by atoms with van der Waals surface area (Å²) in [5.74, 6) is 0.356. The van der Waals surface area contributed by atoms with Crippen LogP contribution in [0.1, 0.15) is 0 Å². The highest BCUT2D eigenvalue weighted by atomic mass is 31.2. The molecule has 2 heterocycles. The van der Waals surface area contributed by atoms with Crippen molar-refractivity contribution in [3.8, 4) is 11.5 Å². The van der Waals surface area contributed by atoms with Gasteiger partial charge in [-0.3, -0.25) is 14.9 Å². The van der Waals surface area contributed by atoms with Crippen LogP contribution < -0.4 is 9.05 Å². The van der Waals surface area contributed by atoms with Crippen LogP contribution in [0.2, 0.25) is 0 Å². The number of rotatable bonds is 4. The summed E-state index contributed by atoms with van der Waals surface area (Å²) in [4.78, 5) is 18.6.